The lowest BCUT2D eigenvalue weighted by molar-refractivity contribution is -0.137. The molecule has 6 heteroatoms. The van der Waals surface area contributed by atoms with Crippen molar-refractivity contribution in [1.82, 2.24) is 8.97 Å². The third-order valence-corrected chi connectivity index (χ3v) is 11.1. The van der Waals surface area contributed by atoms with Crippen LogP contribution in [0.15, 0.2) is 60.9 Å². The second-order valence-electron chi connectivity index (χ2n) is 13.0. The second kappa shape index (κ2) is 6.25. The highest BCUT2D eigenvalue weighted by Gasteiger charge is 2.58. The molecule has 5 aromatic rings. The van der Waals surface area contributed by atoms with E-state index in [1.54, 1.807) is 0 Å². The maximum absolute atomic E-state index is 14.3. The number of para-hydroxylation sites is 1. The smallest absolute Gasteiger partial charge is 0.302 e. The Labute approximate surface area is 220 Å². The van der Waals surface area contributed by atoms with E-state index in [1.807, 2.05) is 23.0 Å². The summed E-state index contributed by atoms with van der Waals surface area (Å²) in [7, 11) is 0. The molecule has 0 fully saturated rings. The summed E-state index contributed by atoms with van der Waals surface area (Å²) in [6.45, 7) is 13.7. The van der Waals surface area contributed by atoms with Crippen molar-refractivity contribution in [3.05, 3.63) is 77.6 Å². The van der Waals surface area contributed by atoms with Gasteiger partial charge < -0.3 is 8.97 Å². The highest BCUT2D eigenvalue weighted by atomic mass is 19.4. The average Bonchev–Trinajstić information content (AvgIpc) is 3.54. The number of benzene rings is 3. The van der Waals surface area contributed by atoms with Crippen LogP contribution in [0, 0.1) is 5.41 Å². The van der Waals surface area contributed by atoms with Crippen LogP contribution in [-0.4, -0.2) is 15.7 Å². The molecule has 0 saturated carbocycles. The molecule has 3 aliphatic rings. The van der Waals surface area contributed by atoms with E-state index in [0.717, 1.165) is 38.6 Å². The normalized spacial score (nSPS) is 19.2. The van der Waals surface area contributed by atoms with E-state index >= 15 is 0 Å². The molecule has 0 bridgehead atoms. The SMILES string of the molecule is CC1(C)c2cc3c(cc2C(C)(C)C1(C)C)-c1cc(C(F)(F)F)cc2c1B3c1c3ccccc3n3ccn-2c13. The van der Waals surface area contributed by atoms with Gasteiger partial charge in [0.2, 0.25) is 0 Å². The summed E-state index contributed by atoms with van der Waals surface area (Å²) in [5, 5.41) is 1.16. The fraction of sp³-hybridized carbons (Fsp3) is 0.312. The molecule has 38 heavy (non-hydrogen) atoms. The Morgan fingerprint density at radius 2 is 1.45 bits per heavy atom. The number of aromatic nitrogens is 2. The van der Waals surface area contributed by atoms with E-state index in [9.17, 15) is 13.2 Å². The van der Waals surface area contributed by atoms with Gasteiger partial charge in [-0.05, 0) is 73.0 Å². The van der Waals surface area contributed by atoms with Crippen LogP contribution < -0.4 is 16.4 Å². The highest BCUT2D eigenvalue weighted by molar-refractivity contribution is 7.02. The lowest BCUT2D eigenvalue weighted by Gasteiger charge is -2.44. The molecule has 190 valence electrons. The third kappa shape index (κ3) is 2.24. The Balaban J connectivity index is 1.56. The van der Waals surface area contributed by atoms with Crippen LogP contribution in [0.5, 0.6) is 0 Å². The van der Waals surface area contributed by atoms with Gasteiger partial charge in [-0.1, -0.05) is 77.3 Å². The number of halogens is 3. The van der Waals surface area contributed by atoms with Crippen molar-refractivity contribution in [1.29, 1.82) is 0 Å². The molecule has 0 radical (unpaired) electrons. The zero-order chi connectivity index (χ0) is 26.7. The summed E-state index contributed by atoms with van der Waals surface area (Å²) < 4.78 is 46.9. The number of hydrogen-bond acceptors (Lipinski definition) is 0. The largest absolute Gasteiger partial charge is 0.416 e. The molecule has 2 aliphatic heterocycles. The zero-order valence-corrected chi connectivity index (χ0v) is 22.4. The minimum Gasteiger partial charge on any atom is -0.302 e. The van der Waals surface area contributed by atoms with Crippen LogP contribution in [0.2, 0.25) is 0 Å². The summed E-state index contributed by atoms with van der Waals surface area (Å²) in [4.78, 5) is 0. The number of rotatable bonds is 0. The van der Waals surface area contributed by atoms with E-state index in [1.165, 1.54) is 28.7 Å². The molecule has 1 aliphatic carbocycles. The summed E-state index contributed by atoms with van der Waals surface area (Å²) in [5.41, 5.74) is 9.38. The number of fused-ring (bicyclic) bond motifs is 9. The molecule has 0 unspecified atom stereocenters. The Kier molecular flexibility index (Phi) is 3.71. The van der Waals surface area contributed by atoms with Gasteiger partial charge >= 0.3 is 6.18 Å². The van der Waals surface area contributed by atoms with E-state index in [-0.39, 0.29) is 23.0 Å². The van der Waals surface area contributed by atoms with Crippen molar-refractivity contribution in [2.75, 3.05) is 0 Å². The van der Waals surface area contributed by atoms with Crippen LogP contribution >= 0.6 is 0 Å². The maximum Gasteiger partial charge on any atom is 0.416 e. The highest BCUT2D eigenvalue weighted by Crippen LogP contribution is 2.62. The lowest BCUT2D eigenvalue weighted by atomic mass is 9.37. The monoisotopic (exact) mass is 508 g/mol. The Morgan fingerprint density at radius 3 is 2.16 bits per heavy atom. The van der Waals surface area contributed by atoms with Gasteiger partial charge in [-0.25, -0.2) is 0 Å². The van der Waals surface area contributed by atoms with Crippen LogP contribution in [0.1, 0.15) is 58.2 Å². The Morgan fingerprint density at radius 1 is 0.763 bits per heavy atom. The molecule has 0 N–H and O–H groups in total. The first-order valence-corrected chi connectivity index (χ1v) is 13.3. The number of nitrogens with zero attached hydrogens (tertiary/aromatic N) is 2. The minimum absolute atomic E-state index is 0.0311. The molecule has 3 aromatic carbocycles. The van der Waals surface area contributed by atoms with E-state index in [0.29, 0.717) is 5.69 Å². The molecule has 0 spiro atoms. The lowest BCUT2D eigenvalue weighted by Crippen LogP contribution is -2.53. The fourth-order valence-electron chi connectivity index (χ4n) is 7.92. The molecule has 2 aromatic heterocycles. The zero-order valence-electron chi connectivity index (χ0n) is 22.4. The van der Waals surface area contributed by atoms with Crippen LogP contribution in [0.25, 0.3) is 33.4 Å². The predicted molar refractivity (Wildman–Crippen MR) is 149 cm³/mol. The van der Waals surface area contributed by atoms with Crippen LogP contribution in [-0.2, 0) is 17.0 Å². The molecule has 8 rings (SSSR count). The molecule has 0 atom stereocenters. The molecule has 0 amide bonds. The fourth-order valence-corrected chi connectivity index (χ4v) is 7.92. The van der Waals surface area contributed by atoms with Gasteiger partial charge in [0.05, 0.1) is 11.1 Å². The van der Waals surface area contributed by atoms with Crippen molar-refractivity contribution in [3.8, 4) is 16.8 Å². The predicted octanol–water partition coefficient (Wildman–Crippen LogP) is 6.31. The van der Waals surface area contributed by atoms with E-state index in [4.69, 9.17) is 0 Å². The van der Waals surface area contributed by atoms with Gasteiger partial charge in [0.1, 0.15) is 5.65 Å². The first kappa shape index (κ1) is 22.6. The Hall–Kier alpha value is -3.41. The minimum atomic E-state index is -4.43. The summed E-state index contributed by atoms with van der Waals surface area (Å²) in [5.74, 6) is 0. The standard InChI is InChI=1S/C32H28BF3N2/c1-29(2)21-15-19-20-13-17(32(34,35)36)14-25-26(20)33(23(19)16-22(21)30(3,4)31(29,5)6)27-18-9-7-8-10-24(18)37-11-12-38(25)28(27)37/h7-16H,1-6H3. The van der Waals surface area contributed by atoms with Gasteiger partial charge in [0, 0.05) is 18.1 Å². The molecular formula is C32H28BF3N2. The summed E-state index contributed by atoms with van der Waals surface area (Å²) in [6.07, 6.45) is -0.540. The molecule has 2 nitrogen and oxygen atoms in total. The van der Waals surface area contributed by atoms with Gasteiger partial charge in [0.15, 0.2) is 0 Å². The van der Waals surface area contributed by atoms with Crippen molar-refractivity contribution >= 4 is 39.7 Å². The summed E-state index contributed by atoms with van der Waals surface area (Å²) >= 11 is 0. The topological polar surface area (TPSA) is 9.34 Å². The van der Waals surface area contributed by atoms with Crippen molar-refractivity contribution in [3.63, 3.8) is 0 Å². The second-order valence-corrected chi connectivity index (χ2v) is 13.0. The quantitative estimate of drug-likeness (QED) is 0.213. The van der Waals surface area contributed by atoms with E-state index < -0.39 is 11.7 Å². The first-order chi connectivity index (χ1) is 17.8. The van der Waals surface area contributed by atoms with Gasteiger partial charge in [-0.15, -0.1) is 0 Å². The van der Waals surface area contributed by atoms with Gasteiger partial charge in [0.25, 0.3) is 6.71 Å². The Bertz CT molecular complexity index is 1900. The van der Waals surface area contributed by atoms with Gasteiger partial charge in [-0.3, -0.25) is 0 Å². The number of imidazole rings is 1. The summed E-state index contributed by atoms with van der Waals surface area (Å²) in [6, 6.07) is 15.7. The van der Waals surface area contributed by atoms with Crippen LogP contribution in [0.3, 0.4) is 0 Å². The van der Waals surface area contributed by atoms with E-state index in [2.05, 4.69) is 76.3 Å². The maximum atomic E-state index is 14.3. The number of alkyl halides is 3. The van der Waals surface area contributed by atoms with Crippen LogP contribution in [0.4, 0.5) is 13.2 Å². The molecule has 4 heterocycles. The molecular weight excluding hydrogens is 480 g/mol. The van der Waals surface area contributed by atoms with Crippen molar-refractivity contribution in [2.24, 2.45) is 5.41 Å². The van der Waals surface area contributed by atoms with Gasteiger partial charge in [-0.2, -0.15) is 13.2 Å². The molecule has 0 saturated heterocycles. The van der Waals surface area contributed by atoms with Crippen molar-refractivity contribution in [2.45, 2.75) is 58.5 Å². The third-order valence-electron chi connectivity index (χ3n) is 11.1. The first-order valence-electron chi connectivity index (χ1n) is 13.3. The van der Waals surface area contributed by atoms with Crippen molar-refractivity contribution < 1.29 is 13.2 Å². The average molecular weight is 508 g/mol. The number of hydrogen-bond donors (Lipinski definition) is 0.